The largest absolute Gasteiger partial charge is 0.293 e. The average molecular weight is 274 g/mol. The number of benzene rings is 1. The Morgan fingerprint density at radius 1 is 0.857 bits per heavy atom. The summed E-state index contributed by atoms with van der Waals surface area (Å²) in [6, 6.07) is 12.9. The molecule has 1 aromatic carbocycles. The van der Waals surface area contributed by atoms with Crippen LogP contribution in [-0.4, -0.2) is 21.5 Å². The van der Waals surface area contributed by atoms with Gasteiger partial charge in [0.2, 0.25) is 0 Å². The number of ketones is 2. The van der Waals surface area contributed by atoms with Crippen molar-refractivity contribution in [3.63, 3.8) is 0 Å². The molecule has 100 valence electrons. The molecule has 2 heterocycles. The monoisotopic (exact) mass is 274 g/mol. The number of Topliss-reactive ketones (excluding diaryl/α,β-unsaturated/α-hetero) is 2. The Labute approximate surface area is 120 Å². The van der Waals surface area contributed by atoms with E-state index in [0.717, 1.165) is 10.9 Å². The lowest BCUT2D eigenvalue weighted by Crippen LogP contribution is -2.14. The SMILES string of the molecule is O=C1c2ccncc2C(=O)C1c1ccc2ccccc2n1. The van der Waals surface area contributed by atoms with Gasteiger partial charge in [-0.2, -0.15) is 0 Å². The molecule has 0 aliphatic heterocycles. The predicted octanol–water partition coefficient (Wildman–Crippen LogP) is 2.79. The summed E-state index contributed by atoms with van der Waals surface area (Å²) in [5, 5.41) is 0.985. The smallest absolute Gasteiger partial charge is 0.182 e. The zero-order chi connectivity index (χ0) is 14.4. The lowest BCUT2D eigenvalue weighted by Gasteiger charge is -2.07. The molecular weight excluding hydrogens is 264 g/mol. The number of aromatic nitrogens is 2. The number of pyridine rings is 2. The molecule has 4 rings (SSSR count). The van der Waals surface area contributed by atoms with Gasteiger partial charge in [-0.1, -0.05) is 24.3 Å². The molecule has 21 heavy (non-hydrogen) atoms. The van der Waals surface area contributed by atoms with Crippen LogP contribution >= 0.6 is 0 Å². The molecule has 2 aromatic heterocycles. The van der Waals surface area contributed by atoms with Gasteiger partial charge in [0, 0.05) is 28.9 Å². The van der Waals surface area contributed by atoms with Crippen LogP contribution in [0.3, 0.4) is 0 Å². The Morgan fingerprint density at radius 2 is 1.67 bits per heavy atom. The lowest BCUT2D eigenvalue weighted by atomic mass is 9.98. The van der Waals surface area contributed by atoms with E-state index in [1.165, 1.54) is 12.4 Å². The topological polar surface area (TPSA) is 59.9 Å². The number of nitrogens with zero attached hydrogens (tertiary/aromatic N) is 2. The predicted molar refractivity (Wildman–Crippen MR) is 77.4 cm³/mol. The summed E-state index contributed by atoms with van der Waals surface area (Å²) in [7, 11) is 0. The Balaban J connectivity index is 1.86. The van der Waals surface area contributed by atoms with Gasteiger partial charge >= 0.3 is 0 Å². The second-order valence-corrected chi connectivity index (χ2v) is 5.01. The molecule has 0 N–H and O–H groups in total. The van der Waals surface area contributed by atoms with Crippen LogP contribution in [0.4, 0.5) is 0 Å². The van der Waals surface area contributed by atoms with Crippen molar-refractivity contribution in [1.82, 2.24) is 9.97 Å². The minimum atomic E-state index is -0.839. The maximum atomic E-state index is 12.5. The molecule has 0 fully saturated rings. The molecule has 0 bridgehead atoms. The van der Waals surface area contributed by atoms with E-state index in [1.807, 2.05) is 30.3 Å². The maximum absolute atomic E-state index is 12.5. The number of rotatable bonds is 1. The van der Waals surface area contributed by atoms with Crippen molar-refractivity contribution in [3.8, 4) is 0 Å². The van der Waals surface area contributed by atoms with Crippen molar-refractivity contribution in [1.29, 1.82) is 0 Å². The van der Waals surface area contributed by atoms with Gasteiger partial charge in [0.25, 0.3) is 0 Å². The zero-order valence-electron chi connectivity index (χ0n) is 11.0. The minimum absolute atomic E-state index is 0.194. The summed E-state index contributed by atoms with van der Waals surface area (Å²) in [5.74, 6) is -1.25. The standard InChI is InChI=1S/C17H10N2O2/c20-16-11-7-8-18-9-12(11)17(21)15(16)14-6-5-10-3-1-2-4-13(10)19-14/h1-9,15H. The third-order valence-electron chi connectivity index (χ3n) is 3.79. The van der Waals surface area contributed by atoms with E-state index in [2.05, 4.69) is 9.97 Å². The van der Waals surface area contributed by atoms with Crippen molar-refractivity contribution >= 4 is 22.5 Å². The van der Waals surface area contributed by atoms with E-state index in [0.29, 0.717) is 16.8 Å². The molecule has 1 aliphatic rings. The van der Waals surface area contributed by atoms with Crippen LogP contribution in [0.5, 0.6) is 0 Å². The van der Waals surface area contributed by atoms with Crippen molar-refractivity contribution in [2.45, 2.75) is 5.92 Å². The molecular formula is C17H10N2O2. The molecule has 4 heteroatoms. The minimum Gasteiger partial charge on any atom is -0.293 e. The third-order valence-corrected chi connectivity index (χ3v) is 3.79. The van der Waals surface area contributed by atoms with E-state index in [4.69, 9.17) is 0 Å². The Morgan fingerprint density at radius 3 is 2.52 bits per heavy atom. The first kappa shape index (κ1) is 11.9. The molecule has 1 unspecified atom stereocenters. The Hall–Kier alpha value is -2.88. The maximum Gasteiger partial charge on any atom is 0.182 e. The fraction of sp³-hybridized carbons (Fsp3) is 0.0588. The number of hydrogen-bond donors (Lipinski definition) is 0. The number of carbonyl (C=O) groups is 2. The van der Waals surface area contributed by atoms with Crippen LogP contribution in [0.25, 0.3) is 10.9 Å². The van der Waals surface area contributed by atoms with Crippen LogP contribution in [0.2, 0.25) is 0 Å². The number of para-hydroxylation sites is 1. The van der Waals surface area contributed by atoms with Crippen molar-refractivity contribution in [3.05, 3.63) is 71.7 Å². The van der Waals surface area contributed by atoms with Gasteiger partial charge in [-0.15, -0.1) is 0 Å². The first-order valence-electron chi connectivity index (χ1n) is 6.64. The van der Waals surface area contributed by atoms with Gasteiger partial charge in [-0.25, -0.2) is 0 Å². The second kappa shape index (κ2) is 4.31. The van der Waals surface area contributed by atoms with Crippen LogP contribution in [-0.2, 0) is 0 Å². The third kappa shape index (κ3) is 1.69. The van der Waals surface area contributed by atoms with E-state index < -0.39 is 5.92 Å². The highest BCUT2D eigenvalue weighted by Crippen LogP contribution is 2.33. The fourth-order valence-corrected chi connectivity index (χ4v) is 2.75. The van der Waals surface area contributed by atoms with Gasteiger partial charge in [-0.05, 0) is 18.2 Å². The average Bonchev–Trinajstić information content (AvgIpc) is 2.79. The van der Waals surface area contributed by atoms with Gasteiger partial charge in [0.15, 0.2) is 11.6 Å². The highest BCUT2D eigenvalue weighted by molar-refractivity contribution is 6.29. The van der Waals surface area contributed by atoms with E-state index in [9.17, 15) is 9.59 Å². The second-order valence-electron chi connectivity index (χ2n) is 5.01. The zero-order valence-corrected chi connectivity index (χ0v) is 11.0. The Bertz CT molecular complexity index is 867. The van der Waals surface area contributed by atoms with Gasteiger partial charge in [-0.3, -0.25) is 19.6 Å². The molecule has 0 radical (unpaired) electrons. The van der Waals surface area contributed by atoms with Crippen LogP contribution in [0.15, 0.2) is 54.9 Å². The first-order chi connectivity index (χ1) is 10.3. The number of carbonyl (C=O) groups excluding carboxylic acids is 2. The van der Waals surface area contributed by atoms with Gasteiger partial charge in [0.1, 0.15) is 5.92 Å². The fourth-order valence-electron chi connectivity index (χ4n) is 2.75. The summed E-state index contributed by atoms with van der Waals surface area (Å²) >= 11 is 0. The summed E-state index contributed by atoms with van der Waals surface area (Å²) in [4.78, 5) is 33.3. The molecule has 1 atom stereocenters. The lowest BCUT2D eigenvalue weighted by molar-refractivity contribution is 0.0888. The molecule has 0 amide bonds. The first-order valence-corrected chi connectivity index (χ1v) is 6.64. The van der Waals surface area contributed by atoms with E-state index in [1.54, 1.807) is 12.1 Å². The van der Waals surface area contributed by atoms with Gasteiger partial charge in [0.05, 0.1) is 11.2 Å². The molecule has 3 aromatic rings. The van der Waals surface area contributed by atoms with E-state index in [-0.39, 0.29) is 11.6 Å². The summed E-state index contributed by atoms with van der Waals surface area (Å²) < 4.78 is 0. The molecule has 0 spiro atoms. The van der Waals surface area contributed by atoms with Crippen molar-refractivity contribution in [2.75, 3.05) is 0 Å². The highest BCUT2D eigenvalue weighted by atomic mass is 16.2. The quantitative estimate of drug-likeness (QED) is 0.640. The molecule has 4 nitrogen and oxygen atoms in total. The van der Waals surface area contributed by atoms with Crippen LogP contribution in [0, 0.1) is 0 Å². The summed E-state index contributed by atoms with van der Waals surface area (Å²) in [6.45, 7) is 0. The number of fused-ring (bicyclic) bond motifs is 2. The molecule has 0 saturated heterocycles. The summed E-state index contributed by atoms with van der Waals surface area (Å²) in [6.07, 6.45) is 2.98. The van der Waals surface area contributed by atoms with Crippen molar-refractivity contribution in [2.24, 2.45) is 0 Å². The Kier molecular flexibility index (Phi) is 2.44. The highest BCUT2D eigenvalue weighted by Gasteiger charge is 2.40. The van der Waals surface area contributed by atoms with Crippen LogP contribution in [0.1, 0.15) is 32.3 Å². The molecule has 0 saturated carbocycles. The van der Waals surface area contributed by atoms with Crippen molar-refractivity contribution < 1.29 is 9.59 Å². The molecule has 1 aliphatic carbocycles. The van der Waals surface area contributed by atoms with E-state index >= 15 is 0 Å². The number of hydrogen-bond acceptors (Lipinski definition) is 4. The normalized spacial score (nSPS) is 17.2. The van der Waals surface area contributed by atoms with Crippen LogP contribution < -0.4 is 0 Å². The van der Waals surface area contributed by atoms with Gasteiger partial charge < -0.3 is 0 Å². The summed E-state index contributed by atoms with van der Waals surface area (Å²) in [5.41, 5.74) is 2.11.